The third-order valence-corrected chi connectivity index (χ3v) is 5.33. The number of carbonyl (C=O) groups is 1. The van der Waals surface area contributed by atoms with Gasteiger partial charge in [-0.15, -0.1) is 0 Å². The van der Waals surface area contributed by atoms with Crippen molar-refractivity contribution >= 4 is 11.9 Å². The fourth-order valence-corrected chi connectivity index (χ4v) is 3.76. The lowest BCUT2D eigenvalue weighted by atomic mass is 9.86. The zero-order valence-electron chi connectivity index (χ0n) is 15.6. The maximum absolute atomic E-state index is 11.1. The van der Waals surface area contributed by atoms with Crippen LogP contribution in [0.2, 0.25) is 0 Å². The Hall–Kier alpha value is -3.21. The van der Waals surface area contributed by atoms with Gasteiger partial charge in [0.05, 0.1) is 11.6 Å². The number of benzene rings is 2. The summed E-state index contributed by atoms with van der Waals surface area (Å²) in [5, 5.41) is 12.6. The summed E-state index contributed by atoms with van der Waals surface area (Å²) in [4.78, 5) is 20.5. The number of aromatic nitrogens is 2. The van der Waals surface area contributed by atoms with Gasteiger partial charge in [-0.05, 0) is 31.2 Å². The van der Waals surface area contributed by atoms with E-state index in [1.807, 2.05) is 42.6 Å². The van der Waals surface area contributed by atoms with Crippen molar-refractivity contribution in [2.24, 2.45) is 5.92 Å². The van der Waals surface area contributed by atoms with E-state index in [0.29, 0.717) is 18.8 Å². The highest BCUT2D eigenvalue weighted by atomic mass is 16.4. The van der Waals surface area contributed by atoms with Crippen LogP contribution < -0.4 is 5.32 Å². The zero-order valence-corrected chi connectivity index (χ0v) is 15.6. The van der Waals surface area contributed by atoms with Gasteiger partial charge in [-0.25, -0.2) is 9.97 Å². The second-order valence-corrected chi connectivity index (χ2v) is 7.22. The molecule has 0 spiro atoms. The predicted octanol–water partition coefficient (Wildman–Crippen LogP) is 4.87. The van der Waals surface area contributed by atoms with Crippen molar-refractivity contribution in [3.05, 3.63) is 66.9 Å². The smallest absolute Gasteiger partial charge is 0.306 e. The molecule has 0 atom stereocenters. The van der Waals surface area contributed by atoms with E-state index in [1.54, 1.807) is 0 Å². The lowest BCUT2D eigenvalue weighted by molar-refractivity contribution is -0.142. The predicted molar refractivity (Wildman–Crippen MR) is 110 cm³/mol. The highest BCUT2D eigenvalue weighted by Gasteiger charge is 2.26. The minimum Gasteiger partial charge on any atom is -0.481 e. The van der Waals surface area contributed by atoms with Crippen molar-refractivity contribution in [3.63, 3.8) is 0 Å². The molecule has 0 amide bonds. The number of nitrogens with one attached hydrogen (secondary N) is 1. The maximum atomic E-state index is 11.1. The largest absolute Gasteiger partial charge is 0.481 e. The molecule has 0 radical (unpaired) electrons. The van der Waals surface area contributed by atoms with Gasteiger partial charge in [0.15, 0.2) is 0 Å². The molecule has 0 saturated heterocycles. The van der Waals surface area contributed by atoms with Gasteiger partial charge in [0.2, 0.25) is 5.95 Å². The summed E-state index contributed by atoms with van der Waals surface area (Å²) in [5.74, 6) is -0.315. The van der Waals surface area contributed by atoms with E-state index in [-0.39, 0.29) is 12.0 Å². The van der Waals surface area contributed by atoms with Crippen molar-refractivity contribution in [2.45, 2.75) is 31.7 Å². The number of anilines is 1. The van der Waals surface area contributed by atoms with Crippen LogP contribution in [0.4, 0.5) is 5.95 Å². The average Bonchev–Trinajstić information content (AvgIpc) is 2.75. The van der Waals surface area contributed by atoms with Crippen molar-refractivity contribution in [1.29, 1.82) is 0 Å². The second-order valence-electron chi connectivity index (χ2n) is 7.22. The summed E-state index contributed by atoms with van der Waals surface area (Å²) in [6.45, 7) is 0. The first-order valence-corrected chi connectivity index (χ1v) is 9.68. The fourth-order valence-electron chi connectivity index (χ4n) is 3.76. The van der Waals surface area contributed by atoms with Gasteiger partial charge in [0, 0.05) is 23.4 Å². The molecule has 28 heavy (non-hydrogen) atoms. The third kappa shape index (κ3) is 4.03. The highest BCUT2D eigenvalue weighted by molar-refractivity contribution is 5.80. The maximum Gasteiger partial charge on any atom is 0.306 e. The number of carboxylic acid groups (broad SMARTS) is 1. The molecule has 4 rings (SSSR count). The van der Waals surface area contributed by atoms with Crippen LogP contribution >= 0.6 is 0 Å². The van der Waals surface area contributed by atoms with Gasteiger partial charge in [-0.2, -0.15) is 0 Å². The summed E-state index contributed by atoms with van der Waals surface area (Å²) in [6.07, 6.45) is 4.90. The van der Waals surface area contributed by atoms with E-state index in [2.05, 4.69) is 34.6 Å². The molecule has 1 fully saturated rings. The SMILES string of the molecule is O=C(O)C1CCC(Nc2ncc(-c3ccccc3)c(-c3ccccc3)n2)CC1. The molecule has 1 aromatic heterocycles. The van der Waals surface area contributed by atoms with E-state index < -0.39 is 5.97 Å². The number of rotatable bonds is 5. The molecule has 5 heteroatoms. The number of hydrogen-bond acceptors (Lipinski definition) is 4. The van der Waals surface area contributed by atoms with Crippen molar-refractivity contribution in [2.75, 3.05) is 5.32 Å². The molecule has 1 saturated carbocycles. The molecule has 2 aromatic carbocycles. The van der Waals surface area contributed by atoms with Gasteiger partial charge < -0.3 is 10.4 Å². The normalized spacial score (nSPS) is 19.1. The Morgan fingerprint density at radius 2 is 1.50 bits per heavy atom. The highest BCUT2D eigenvalue weighted by Crippen LogP contribution is 2.31. The van der Waals surface area contributed by atoms with Crippen molar-refractivity contribution < 1.29 is 9.90 Å². The molecule has 1 aliphatic rings. The molecule has 1 aliphatic carbocycles. The van der Waals surface area contributed by atoms with Crippen molar-refractivity contribution in [1.82, 2.24) is 9.97 Å². The molecular formula is C23H23N3O2. The van der Waals surface area contributed by atoms with E-state index >= 15 is 0 Å². The zero-order chi connectivity index (χ0) is 19.3. The van der Waals surface area contributed by atoms with Gasteiger partial charge in [0.1, 0.15) is 0 Å². The summed E-state index contributed by atoms with van der Waals surface area (Å²) in [5.41, 5.74) is 4.01. The van der Waals surface area contributed by atoms with Crippen LogP contribution in [0.3, 0.4) is 0 Å². The van der Waals surface area contributed by atoms with Crippen LogP contribution in [0, 0.1) is 5.92 Å². The van der Waals surface area contributed by atoms with Gasteiger partial charge in [-0.1, -0.05) is 60.7 Å². The summed E-state index contributed by atoms with van der Waals surface area (Å²) in [7, 11) is 0. The Balaban J connectivity index is 1.61. The van der Waals surface area contributed by atoms with E-state index in [4.69, 9.17) is 4.98 Å². The number of hydrogen-bond donors (Lipinski definition) is 2. The Morgan fingerprint density at radius 1 is 0.893 bits per heavy atom. The Labute approximate surface area is 164 Å². The van der Waals surface area contributed by atoms with E-state index in [9.17, 15) is 9.90 Å². The summed E-state index contributed by atoms with van der Waals surface area (Å²) in [6, 6.07) is 20.5. The first-order valence-electron chi connectivity index (χ1n) is 9.68. The van der Waals surface area contributed by atoms with E-state index in [1.165, 1.54) is 0 Å². The molecule has 2 N–H and O–H groups in total. The number of nitrogens with zero attached hydrogens (tertiary/aromatic N) is 2. The van der Waals surface area contributed by atoms with Crippen molar-refractivity contribution in [3.8, 4) is 22.4 Å². The molecule has 0 unspecified atom stereocenters. The van der Waals surface area contributed by atoms with Crippen LogP contribution in [-0.2, 0) is 4.79 Å². The second kappa shape index (κ2) is 8.21. The first-order chi connectivity index (χ1) is 13.7. The minimum atomic E-state index is -0.687. The molecule has 1 heterocycles. The van der Waals surface area contributed by atoms with Crippen LogP contribution in [0.15, 0.2) is 66.9 Å². The summed E-state index contributed by atoms with van der Waals surface area (Å²) < 4.78 is 0. The van der Waals surface area contributed by atoms with Crippen LogP contribution in [0.1, 0.15) is 25.7 Å². The number of carboxylic acids is 1. The van der Waals surface area contributed by atoms with Crippen LogP contribution in [0.5, 0.6) is 0 Å². The average molecular weight is 373 g/mol. The molecule has 0 bridgehead atoms. The third-order valence-electron chi connectivity index (χ3n) is 5.33. The Bertz CT molecular complexity index is 937. The Kier molecular flexibility index (Phi) is 5.33. The van der Waals surface area contributed by atoms with Gasteiger partial charge >= 0.3 is 5.97 Å². The first kappa shape index (κ1) is 18.2. The monoisotopic (exact) mass is 373 g/mol. The van der Waals surface area contributed by atoms with E-state index in [0.717, 1.165) is 35.2 Å². The van der Waals surface area contributed by atoms with Gasteiger partial charge in [-0.3, -0.25) is 4.79 Å². The molecule has 0 aliphatic heterocycles. The lowest BCUT2D eigenvalue weighted by Gasteiger charge is -2.27. The van der Waals surface area contributed by atoms with Gasteiger partial charge in [0.25, 0.3) is 0 Å². The number of aliphatic carboxylic acids is 1. The fraction of sp³-hybridized carbons (Fsp3) is 0.261. The standard InChI is InChI=1S/C23H23N3O2/c27-22(28)18-11-13-19(14-12-18)25-23-24-15-20(16-7-3-1-4-8-16)21(26-23)17-9-5-2-6-10-17/h1-10,15,18-19H,11-14H2,(H,27,28)(H,24,25,26). The summed E-state index contributed by atoms with van der Waals surface area (Å²) >= 11 is 0. The molecule has 142 valence electrons. The Morgan fingerprint density at radius 3 is 2.11 bits per heavy atom. The van der Waals surface area contributed by atoms with Crippen LogP contribution in [0.25, 0.3) is 22.4 Å². The topological polar surface area (TPSA) is 75.1 Å². The minimum absolute atomic E-state index is 0.210. The quantitative estimate of drug-likeness (QED) is 0.668. The lowest BCUT2D eigenvalue weighted by Crippen LogP contribution is -2.29. The molecule has 3 aromatic rings. The molecular weight excluding hydrogens is 350 g/mol. The van der Waals surface area contributed by atoms with Crippen LogP contribution in [-0.4, -0.2) is 27.1 Å². The molecule has 5 nitrogen and oxygen atoms in total.